The second-order valence-electron chi connectivity index (χ2n) is 25.7. The third-order valence-corrected chi connectivity index (χ3v) is 19.8. The van der Waals surface area contributed by atoms with Crippen LogP contribution < -0.4 is 26.2 Å². The first-order valence-corrected chi connectivity index (χ1v) is 34.0. The summed E-state index contributed by atoms with van der Waals surface area (Å²) < 4.78 is 2.44. The van der Waals surface area contributed by atoms with Crippen LogP contribution in [0, 0.1) is 0 Å². The second kappa shape index (κ2) is 24.4. The third kappa shape index (κ3) is 10.1. The molecule has 2 aliphatic heterocycles. The topological polar surface area (TPSA) is 63.0 Å². The standard InChI is InChI=1S/C92H60BN7/c1-8-27-61(28-9-1)66-47-51-83-74(56-66)75-57-67(62-29-10-2-11-30-62)48-52-84(75)100(83)85-53-49-69(81-59-79(63-31-12-3-13-32-63)94-91(96-81)65-35-16-5-17-36-65)58-76(85)82-60-80(64-33-14-4-15-34-64)95-92(97-82)70-38-26-37-68(55-70)73-50-54-88-89-90(73)99(72-41-20-7-21-42-72)87-46-25-23-44-78(87)93(89)77-43-22-24-45-86(77)98(88)71-39-18-6-19-40-71/h1-60H. The first-order chi connectivity index (χ1) is 49.6. The van der Waals surface area contributed by atoms with E-state index >= 15 is 0 Å². The molecular weight excluding hydrogens is 1210 g/mol. The van der Waals surface area contributed by atoms with Gasteiger partial charge in [0, 0.05) is 78.2 Å². The van der Waals surface area contributed by atoms with E-state index in [1.165, 1.54) is 22.1 Å². The zero-order valence-electron chi connectivity index (χ0n) is 54.3. The fourth-order valence-corrected chi connectivity index (χ4v) is 15.2. The number of para-hydroxylation sites is 4. The smallest absolute Gasteiger partial charge is 0.252 e. The lowest BCUT2D eigenvalue weighted by molar-refractivity contribution is 1.15. The Morgan fingerprint density at radius 1 is 0.230 bits per heavy atom. The van der Waals surface area contributed by atoms with Crippen LogP contribution in [0.1, 0.15) is 0 Å². The van der Waals surface area contributed by atoms with Crippen LogP contribution in [0.4, 0.5) is 34.1 Å². The molecule has 0 saturated heterocycles. The molecule has 0 fully saturated rings. The molecule has 17 aromatic rings. The Balaban J connectivity index is 0.853. The van der Waals surface area contributed by atoms with E-state index in [1.807, 2.05) is 24.3 Å². The van der Waals surface area contributed by atoms with Gasteiger partial charge in [-0.15, -0.1) is 0 Å². The molecule has 0 saturated carbocycles. The quantitative estimate of drug-likeness (QED) is 0.114. The Bertz CT molecular complexity index is 5810. The lowest BCUT2D eigenvalue weighted by Crippen LogP contribution is -2.61. The average molecular weight is 1270 g/mol. The molecule has 8 heteroatoms. The number of aromatic nitrogens is 5. The van der Waals surface area contributed by atoms with Gasteiger partial charge in [0.2, 0.25) is 0 Å². The Morgan fingerprint density at radius 3 is 1.20 bits per heavy atom. The molecule has 5 heterocycles. The van der Waals surface area contributed by atoms with Crippen LogP contribution in [0.25, 0.3) is 129 Å². The first kappa shape index (κ1) is 58.1. The average Bonchev–Trinajstić information content (AvgIpc) is 0.732. The van der Waals surface area contributed by atoms with E-state index in [9.17, 15) is 0 Å². The van der Waals surface area contributed by atoms with Crippen molar-refractivity contribution in [2.45, 2.75) is 0 Å². The molecular formula is C92H60BN7. The zero-order chi connectivity index (χ0) is 66.0. The highest BCUT2D eigenvalue weighted by Gasteiger charge is 2.44. The molecule has 0 spiro atoms. The summed E-state index contributed by atoms with van der Waals surface area (Å²) in [6, 6.07) is 131. The van der Waals surface area contributed by atoms with E-state index in [0.717, 1.165) is 145 Å². The fourth-order valence-electron chi connectivity index (χ4n) is 15.2. The highest BCUT2D eigenvalue weighted by atomic mass is 15.2. The van der Waals surface area contributed by atoms with E-state index in [1.54, 1.807) is 0 Å². The molecule has 0 amide bonds. The van der Waals surface area contributed by atoms with Gasteiger partial charge in [-0.1, -0.05) is 267 Å². The molecule has 0 atom stereocenters. The third-order valence-electron chi connectivity index (χ3n) is 19.8. The molecule has 3 aromatic heterocycles. The number of fused-ring (bicyclic) bond motifs is 7. The summed E-state index contributed by atoms with van der Waals surface area (Å²) in [4.78, 5) is 27.1. The molecule has 14 aromatic carbocycles. The molecule has 0 unspecified atom stereocenters. The SMILES string of the molecule is c1ccc(-c2ccc3c(c2)c2cc(-c4ccccc4)ccc2n3-c2ccc(-c3cc(-c4ccccc4)nc(-c4ccccc4)n3)cc2-c2cc(-c3ccccc3)nc(-c3cccc(-c4ccc5c6c4N(c4ccccc4)c4ccccc4B6c4ccccc4N5c4ccccc4)c3)n2)cc1. The first-order valence-electron chi connectivity index (χ1n) is 34.0. The number of rotatable bonds is 12. The summed E-state index contributed by atoms with van der Waals surface area (Å²) in [6.45, 7) is -0.0533. The normalized spacial score (nSPS) is 12.1. The van der Waals surface area contributed by atoms with E-state index in [-0.39, 0.29) is 6.71 Å². The summed E-state index contributed by atoms with van der Waals surface area (Å²) in [6.07, 6.45) is 0. The van der Waals surface area contributed by atoms with E-state index in [4.69, 9.17) is 19.9 Å². The maximum Gasteiger partial charge on any atom is 0.252 e. The number of nitrogens with zero attached hydrogens (tertiary/aromatic N) is 7. The summed E-state index contributed by atoms with van der Waals surface area (Å²) >= 11 is 0. The molecule has 0 radical (unpaired) electrons. The Hall–Kier alpha value is -13.3. The van der Waals surface area contributed by atoms with Gasteiger partial charge >= 0.3 is 0 Å². The van der Waals surface area contributed by atoms with Crippen LogP contribution in [-0.4, -0.2) is 31.2 Å². The van der Waals surface area contributed by atoms with Crippen molar-refractivity contribution in [3.05, 3.63) is 364 Å². The molecule has 0 bridgehead atoms. The summed E-state index contributed by atoms with van der Waals surface area (Å²) in [5.74, 6) is 1.23. The van der Waals surface area contributed by atoms with Gasteiger partial charge in [-0.3, -0.25) is 0 Å². The van der Waals surface area contributed by atoms with Crippen molar-refractivity contribution in [2.24, 2.45) is 0 Å². The van der Waals surface area contributed by atoms with Gasteiger partial charge in [0.15, 0.2) is 11.6 Å². The van der Waals surface area contributed by atoms with E-state index in [0.29, 0.717) is 11.6 Å². The molecule has 2 aliphatic rings. The Labute approximate surface area is 580 Å². The van der Waals surface area contributed by atoms with Gasteiger partial charge in [-0.05, 0) is 141 Å². The van der Waals surface area contributed by atoms with Gasteiger partial charge in [0.25, 0.3) is 6.71 Å². The maximum absolute atomic E-state index is 5.86. The van der Waals surface area contributed by atoms with Crippen LogP contribution in [0.3, 0.4) is 0 Å². The van der Waals surface area contributed by atoms with E-state index < -0.39 is 0 Å². The van der Waals surface area contributed by atoms with Gasteiger partial charge in [-0.2, -0.15) is 0 Å². The highest BCUT2D eigenvalue weighted by molar-refractivity contribution is 7.00. The van der Waals surface area contributed by atoms with Gasteiger partial charge in [0.1, 0.15) is 0 Å². The van der Waals surface area contributed by atoms with Crippen molar-refractivity contribution in [1.82, 2.24) is 24.5 Å². The van der Waals surface area contributed by atoms with Crippen LogP contribution in [-0.2, 0) is 0 Å². The molecule has 7 nitrogen and oxygen atoms in total. The minimum Gasteiger partial charge on any atom is -0.311 e. The van der Waals surface area contributed by atoms with Gasteiger partial charge in [-0.25, -0.2) is 19.9 Å². The summed E-state index contributed by atoms with van der Waals surface area (Å²) in [5.41, 5.74) is 29.1. The summed E-state index contributed by atoms with van der Waals surface area (Å²) in [7, 11) is 0. The van der Waals surface area contributed by atoms with Crippen molar-refractivity contribution in [3.8, 4) is 107 Å². The largest absolute Gasteiger partial charge is 0.311 e. The Morgan fingerprint density at radius 2 is 0.640 bits per heavy atom. The molecule has 466 valence electrons. The minimum absolute atomic E-state index is 0.0533. The minimum atomic E-state index is -0.0533. The number of hydrogen-bond donors (Lipinski definition) is 0. The molecule has 19 rings (SSSR count). The molecule has 0 aliphatic carbocycles. The van der Waals surface area contributed by atoms with Crippen molar-refractivity contribution < 1.29 is 0 Å². The monoisotopic (exact) mass is 1270 g/mol. The van der Waals surface area contributed by atoms with Crippen molar-refractivity contribution in [2.75, 3.05) is 9.80 Å². The van der Waals surface area contributed by atoms with Gasteiger partial charge < -0.3 is 14.4 Å². The number of anilines is 6. The van der Waals surface area contributed by atoms with Crippen LogP contribution in [0.15, 0.2) is 364 Å². The highest BCUT2D eigenvalue weighted by Crippen LogP contribution is 2.49. The predicted molar refractivity (Wildman–Crippen MR) is 415 cm³/mol. The van der Waals surface area contributed by atoms with Crippen molar-refractivity contribution in [1.29, 1.82) is 0 Å². The fraction of sp³-hybridized carbons (Fsp3) is 0. The van der Waals surface area contributed by atoms with Crippen molar-refractivity contribution in [3.63, 3.8) is 0 Å². The summed E-state index contributed by atoms with van der Waals surface area (Å²) in [5, 5.41) is 2.29. The number of benzene rings is 14. The lowest BCUT2D eigenvalue weighted by atomic mass is 9.33. The molecule has 100 heavy (non-hydrogen) atoms. The van der Waals surface area contributed by atoms with Crippen LogP contribution >= 0.6 is 0 Å². The van der Waals surface area contributed by atoms with E-state index in [2.05, 4.69) is 354 Å². The maximum atomic E-state index is 5.86. The van der Waals surface area contributed by atoms with Crippen molar-refractivity contribution >= 4 is 79.0 Å². The molecule has 0 N–H and O–H groups in total. The second-order valence-corrected chi connectivity index (χ2v) is 25.7. The van der Waals surface area contributed by atoms with Gasteiger partial charge in [0.05, 0.1) is 45.2 Å². The van der Waals surface area contributed by atoms with Crippen LogP contribution in [0.2, 0.25) is 0 Å². The number of hydrogen-bond acceptors (Lipinski definition) is 6. The Kier molecular flexibility index (Phi) is 14.2. The lowest BCUT2D eigenvalue weighted by Gasteiger charge is -2.45. The van der Waals surface area contributed by atoms with Crippen LogP contribution in [0.5, 0.6) is 0 Å². The zero-order valence-corrected chi connectivity index (χ0v) is 54.3. The predicted octanol–water partition coefficient (Wildman–Crippen LogP) is 21.4.